The SMILES string of the molecule is C=CC(=O)OC1=CC=CN=CN1. The molecule has 0 amide bonds. The lowest BCUT2D eigenvalue weighted by molar-refractivity contribution is -0.134. The highest BCUT2D eigenvalue weighted by atomic mass is 16.5. The lowest BCUT2D eigenvalue weighted by atomic mass is 10.5. The van der Waals surface area contributed by atoms with E-state index in [9.17, 15) is 4.79 Å². The molecule has 62 valence electrons. The Kier molecular flexibility index (Phi) is 2.84. The van der Waals surface area contributed by atoms with E-state index in [-0.39, 0.29) is 0 Å². The van der Waals surface area contributed by atoms with Crippen molar-refractivity contribution in [3.05, 3.63) is 36.9 Å². The molecule has 0 radical (unpaired) electrons. The second-order valence-corrected chi connectivity index (χ2v) is 1.92. The largest absolute Gasteiger partial charge is 0.406 e. The Labute approximate surface area is 69.9 Å². The molecular formula is C8H8N2O2. The van der Waals surface area contributed by atoms with E-state index in [1.54, 1.807) is 18.4 Å². The van der Waals surface area contributed by atoms with Crippen molar-refractivity contribution >= 4 is 12.3 Å². The highest BCUT2D eigenvalue weighted by Gasteiger charge is 2.00. The molecule has 0 saturated heterocycles. The Morgan fingerprint density at radius 3 is 3.33 bits per heavy atom. The average molecular weight is 164 g/mol. The summed E-state index contributed by atoms with van der Waals surface area (Å²) in [5.74, 6) is -0.171. The number of nitrogens with zero attached hydrogens (tertiary/aromatic N) is 1. The molecule has 0 bridgehead atoms. The molecule has 0 aromatic carbocycles. The van der Waals surface area contributed by atoms with Gasteiger partial charge < -0.3 is 10.1 Å². The van der Waals surface area contributed by atoms with Crippen molar-refractivity contribution in [3.63, 3.8) is 0 Å². The van der Waals surface area contributed by atoms with Gasteiger partial charge in [0.15, 0.2) is 0 Å². The summed E-state index contributed by atoms with van der Waals surface area (Å²) < 4.78 is 4.77. The van der Waals surface area contributed by atoms with E-state index in [1.807, 2.05) is 0 Å². The zero-order valence-corrected chi connectivity index (χ0v) is 6.36. The van der Waals surface area contributed by atoms with Crippen LogP contribution in [0, 0.1) is 0 Å². The maximum Gasteiger partial charge on any atom is 0.336 e. The molecule has 12 heavy (non-hydrogen) atoms. The standard InChI is InChI=1S/C8H8N2O2/c1-2-8(11)12-7-4-3-5-9-6-10-7/h2-6H,1H2,(H,9,10). The number of aliphatic imine (C=N–C) groups is 1. The Bertz CT molecular complexity index is 277. The fraction of sp³-hybridized carbons (Fsp3) is 0. The van der Waals surface area contributed by atoms with Gasteiger partial charge in [0.2, 0.25) is 5.88 Å². The maximum atomic E-state index is 10.7. The minimum atomic E-state index is -0.502. The van der Waals surface area contributed by atoms with Crippen LogP contribution in [0.5, 0.6) is 0 Å². The van der Waals surface area contributed by atoms with E-state index >= 15 is 0 Å². The van der Waals surface area contributed by atoms with Crippen molar-refractivity contribution in [2.45, 2.75) is 0 Å². The summed E-state index contributed by atoms with van der Waals surface area (Å²) in [7, 11) is 0. The smallest absolute Gasteiger partial charge is 0.336 e. The van der Waals surface area contributed by atoms with Gasteiger partial charge in [-0.25, -0.2) is 9.79 Å². The van der Waals surface area contributed by atoms with Gasteiger partial charge in [-0.3, -0.25) is 0 Å². The molecule has 0 saturated carbocycles. The summed E-state index contributed by atoms with van der Waals surface area (Å²) in [4.78, 5) is 14.5. The molecule has 0 fully saturated rings. The highest BCUT2D eigenvalue weighted by Crippen LogP contribution is 1.96. The molecule has 4 nitrogen and oxygen atoms in total. The first-order valence-electron chi connectivity index (χ1n) is 3.32. The molecule has 1 N–H and O–H groups in total. The van der Waals surface area contributed by atoms with Crippen LogP contribution in [-0.4, -0.2) is 12.3 Å². The van der Waals surface area contributed by atoms with Crippen LogP contribution in [0.25, 0.3) is 0 Å². The summed E-state index contributed by atoms with van der Waals surface area (Å²) in [5.41, 5.74) is 0. The van der Waals surface area contributed by atoms with Gasteiger partial charge in [-0.15, -0.1) is 0 Å². The number of nitrogens with one attached hydrogen (secondary N) is 1. The van der Waals surface area contributed by atoms with Crippen molar-refractivity contribution in [1.29, 1.82) is 0 Å². The van der Waals surface area contributed by atoms with E-state index in [1.165, 1.54) is 6.34 Å². The molecule has 0 aromatic rings. The maximum absolute atomic E-state index is 10.7. The third kappa shape index (κ3) is 2.42. The first kappa shape index (κ1) is 8.26. The molecule has 0 aromatic heterocycles. The zero-order valence-electron chi connectivity index (χ0n) is 6.36. The predicted octanol–water partition coefficient (Wildman–Crippen LogP) is 0.702. The quantitative estimate of drug-likeness (QED) is 0.483. The Morgan fingerprint density at radius 1 is 1.75 bits per heavy atom. The second-order valence-electron chi connectivity index (χ2n) is 1.92. The van der Waals surface area contributed by atoms with Crippen LogP contribution in [0.2, 0.25) is 0 Å². The van der Waals surface area contributed by atoms with Crippen LogP contribution < -0.4 is 5.32 Å². The van der Waals surface area contributed by atoms with E-state index in [4.69, 9.17) is 4.74 Å². The fourth-order valence-corrected chi connectivity index (χ4v) is 0.586. The molecule has 0 atom stereocenters. The monoisotopic (exact) mass is 164 g/mol. The van der Waals surface area contributed by atoms with Crippen LogP contribution in [-0.2, 0) is 9.53 Å². The Hall–Kier alpha value is -1.84. The number of carbonyl (C=O) groups is 1. The number of ether oxygens (including phenoxy) is 1. The summed E-state index contributed by atoms with van der Waals surface area (Å²) in [6.07, 6.45) is 7.33. The molecule has 0 unspecified atom stereocenters. The highest BCUT2D eigenvalue weighted by molar-refractivity contribution is 5.82. The van der Waals surface area contributed by atoms with E-state index < -0.39 is 5.97 Å². The van der Waals surface area contributed by atoms with Crippen LogP contribution >= 0.6 is 0 Å². The summed E-state index contributed by atoms with van der Waals surface area (Å²) in [6, 6.07) is 0. The number of rotatable bonds is 2. The molecule has 1 aliphatic rings. The van der Waals surface area contributed by atoms with Gasteiger partial charge in [0, 0.05) is 18.4 Å². The van der Waals surface area contributed by atoms with Crippen LogP contribution in [0.3, 0.4) is 0 Å². The number of esters is 1. The van der Waals surface area contributed by atoms with Gasteiger partial charge in [0.25, 0.3) is 0 Å². The normalized spacial score (nSPS) is 14.2. The fourth-order valence-electron chi connectivity index (χ4n) is 0.586. The van der Waals surface area contributed by atoms with Gasteiger partial charge in [-0.2, -0.15) is 0 Å². The van der Waals surface area contributed by atoms with Crippen molar-refractivity contribution in [3.8, 4) is 0 Å². The topological polar surface area (TPSA) is 50.7 Å². The van der Waals surface area contributed by atoms with Crippen molar-refractivity contribution in [2.75, 3.05) is 0 Å². The third-order valence-corrected chi connectivity index (χ3v) is 1.08. The lowest BCUT2D eigenvalue weighted by Crippen LogP contribution is -2.15. The summed E-state index contributed by atoms with van der Waals surface area (Å²) in [5, 5.41) is 2.66. The predicted molar refractivity (Wildman–Crippen MR) is 45.1 cm³/mol. The molecule has 4 heteroatoms. The minimum Gasteiger partial charge on any atom is -0.406 e. The van der Waals surface area contributed by atoms with Crippen LogP contribution in [0.1, 0.15) is 0 Å². The first-order valence-corrected chi connectivity index (χ1v) is 3.32. The molecule has 1 rings (SSSR count). The Balaban J connectivity index is 2.57. The lowest BCUT2D eigenvalue weighted by Gasteiger charge is -2.02. The van der Waals surface area contributed by atoms with Crippen molar-refractivity contribution in [2.24, 2.45) is 4.99 Å². The van der Waals surface area contributed by atoms with Gasteiger partial charge in [-0.05, 0) is 6.08 Å². The molecule has 1 heterocycles. The number of carbonyl (C=O) groups excluding carboxylic acids is 1. The number of hydrogen-bond acceptors (Lipinski definition) is 4. The average Bonchev–Trinajstić information content (AvgIpc) is 2.33. The van der Waals surface area contributed by atoms with Crippen molar-refractivity contribution in [1.82, 2.24) is 5.32 Å². The molecule has 0 aliphatic carbocycles. The minimum absolute atomic E-state index is 0.331. The molecule has 1 aliphatic heterocycles. The molecule has 0 spiro atoms. The van der Waals surface area contributed by atoms with E-state index in [0.29, 0.717) is 5.88 Å². The third-order valence-electron chi connectivity index (χ3n) is 1.08. The molecular weight excluding hydrogens is 156 g/mol. The van der Waals surface area contributed by atoms with Gasteiger partial charge >= 0.3 is 5.97 Å². The van der Waals surface area contributed by atoms with E-state index in [0.717, 1.165) is 6.08 Å². The zero-order chi connectivity index (χ0) is 8.81. The first-order chi connectivity index (χ1) is 5.83. The van der Waals surface area contributed by atoms with Crippen LogP contribution in [0.4, 0.5) is 0 Å². The Morgan fingerprint density at radius 2 is 2.58 bits per heavy atom. The van der Waals surface area contributed by atoms with Gasteiger partial charge in [-0.1, -0.05) is 6.58 Å². The van der Waals surface area contributed by atoms with Gasteiger partial charge in [0.05, 0.1) is 6.34 Å². The number of allylic oxidation sites excluding steroid dienone is 2. The van der Waals surface area contributed by atoms with Crippen molar-refractivity contribution < 1.29 is 9.53 Å². The number of hydrogen-bond donors (Lipinski definition) is 1. The van der Waals surface area contributed by atoms with Crippen LogP contribution in [0.15, 0.2) is 41.9 Å². The summed E-state index contributed by atoms with van der Waals surface area (Å²) >= 11 is 0. The van der Waals surface area contributed by atoms with E-state index in [2.05, 4.69) is 16.9 Å². The van der Waals surface area contributed by atoms with Gasteiger partial charge in [0.1, 0.15) is 0 Å². The second kappa shape index (κ2) is 4.12. The summed E-state index contributed by atoms with van der Waals surface area (Å²) in [6.45, 7) is 3.27.